The van der Waals surface area contributed by atoms with Crippen molar-refractivity contribution in [1.82, 2.24) is 5.32 Å². The number of hydrogen-bond donors (Lipinski definition) is 2. The maximum absolute atomic E-state index is 13.0. The van der Waals surface area contributed by atoms with E-state index in [4.69, 9.17) is 0 Å². The van der Waals surface area contributed by atoms with Crippen molar-refractivity contribution in [3.63, 3.8) is 0 Å². The SMILES string of the molecule is O=C(Cc1cccc(F)c1)NCC1CCCC1CO. The van der Waals surface area contributed by atoms with Crippen molar-refractivity contribution in [3.05, 3.63) is 35.6 Å². The summed E-state index contributed by atoms with van der Waals surface area (Å²) in [7, 11) is 0. The van der Waals surface area contributed by atoms with E-state index in [1.807, 2.05) is 0 Å². The quantitative estimate of drug-likeness (QED) is 0.854. The van der Waals surface area contributed by atoms with E-state index in [9.17, 15) is 14.3 Å². The fourth-order valence-corrected chi connectivity index (χ4v) is 2.76. The van der Waals surface area contributed by atoms with E-state index in [0.29, 0.717) is 23.9 Å². The minimum absolute atomic E-state index is 0.0887. The molecule has 1 fully saturated rings. The lowest BCUT2D eigenvalue weighted by atomic mass is 9.97. The van der Waals surface area contributed by atoms with Gasteiger partial charge in [0.05, 0.1) is 6.42 Å². The van der Waals surface area contributed by atoms with Gasteiger partial charge in [0.1, 0.15) is 5.82 Å². The van der Waals surface area contributed by atoms with Crippen LogP contribution in [0.5, 0.6) is 0 Å². The first-order valence-corrected chi connectivity index (χ1v) is 6.81. The molecule has 0 heterocycles. The van der Waals surface area contributed by atoms with Crippen molar-refractivity contribution in [3.8, 4) is 0 Å². The van der Waals surface area contributed by atoms with E-state index in [2.05, 4.69) is 5.32 Å². The van der Waals surface area contributed by atoms with Gasteiger partial charge in [-0.1, -0.05) is 18.6 Å². The first-order chi connectivity index (χ1) is 9.19. The van der Waals surface area contributed by atoms with Gasteiger partial charge in [-0.05, 0) is 42.4 Å². The molecule has 1 aromatic carbocycles. The predicted octanol–water partition coefficient (Wildman–Crippen LogP) is 1.89. The molecule has 1 aromatic rings. The van der Waals surface area contributed by atoms with E-state index < -0.39 is 0 Å². The molecule has 1 amide bonds. The van der Waals surface area contributed by atoms with Crippen LogP contribution in [0.2, 0.25) is 0 Å². The predicted molar refractivity (Wildman–Crippen MR) is 71.0 cm³/mol. The molecule has 1 aliphatic carbocycles. The third kappa shape index (κ3) is 4.03. The number of rotatable bonds is 5. The largest absolute Gasteiger partial charge is 0.396 e. The van der Waals surface area contributed by atoms with E-state index in [0.717, 1.165) is 19.3 Å². The molecule has 2 atom stereocenters. The second-order valence-corrected chi connectivity index (χ2v) is 5.24. The first kappa shape index (κ1) is 14.0. The van der Waals surface area contributed by atoms with Crippen LogP contribution in [0, 0.1) is 17.7 Å². The molecular formula is C15H20FNO2. The highest BCUT2D eigenvalue weighted by Crippen LogP contribution is 2.30. The van der Waals surface area contributed by atoms with Crippen molar-refractivity contribution in [2.45, 2.75) is 25.7 Å². The van der Waals surface area contributed by atoms with Crippen LogP contribution in [0.15, 0.2) is 24.3 Å². The lowest BCUT2D eigenvalue weighted by Crippen LogP contribution is -2.32. The zero-order chi connectivity index (χ0) is 13.7. The van der Waals surface area contributed by atoms with Crippen LogP contribution in [0.1, 0.15) is 24.8 Å². The number of carbonyl (C=O) groups is 1. The van der Waals surface area contributed by atoms with Crippen LogP contribution in [0.25, 0.3) is 0 Å². The number of halogens is 1. The Bertz CT molecular complexity index is 436. The van der Waals surface area contributed by atoms with Gasteiger partial charge in [-0.15, -0.1) is 0 Å². The summed E-state index contributed by atoms with van der Waals surface area (Å²) >= 11 is 0. The Balaban J connectivity index is 1.78. The second kappa shape index (κ2) is 6.66. The lowest BCUT2D eigenvalue weighted by Gasteiger charge is -2.17. The van der Waals surface area contributed by atoms with Gasteiger partial charge in [-0.2, -0.15) is 0 Å². The molecule has 104 valence electrons. The number of aliphatic hydroxyl groups is 1. The topological polar surface area (TPSA) is 49.3 Å². The standard InChI is InChI=1S/C15H20FNO2/c16-14-6-1-3-11(7-14)8-15(19)17-9-12-4-2-5-13(12)10-18/h1,3,6-7,12-13,18H,2,4-5,8-10H2,(H,17,19). The van der Waals surface area contributed by atoms with E-state index in [1.54, 1.807) is 12.1 Å². The van der Waals surface area contributed by atoms with Crippen molar-refractivity contribution in [2.24, 2.45) is 11.8 Å². The summed E-state index contributed by atoms with van der Waals surface area (Å²) in [4.78, 5) is 11.8. The van der Waals surface area contributed by atoms with Gasteiger partial charge in [0.15, 0.2) is 0 Å². The van der Waals surface area contributed by atoms with Crippen molar-refractivity contribution >= 4 is 5.91 Å². The van der Waals surface area contributed by atoms with Gasteiger partial charge in [0, 0.05) is 13.2 Å². The molecule has 3 nitrogen and oxygen atoms in total. The minimum Gasteiger partial charge on any atom is -0.396 e. The number of aliphatic hydroxyl groups excluding tert-OH is 1. The molecule has 1 aliphatic rings. The average molecular weight is 265 g/mol. The molecule has 0 radical (unpaired) electrons. The van der Waals surface area contributed by atoms with Crippen LogP contribution in [-0.2, 0) is 11.2 Å². The first-order valence-electron chi connectivity index (χ1n) is 6.81. The fraction of sp³-hybridized carbons (Fsp3) is 0.533. The molecule has 0 aliphatic heterocycles. The molecule has 2 unspecified atom stereocenters. The third-order valence-corrected chi connectivity index (χ3v) is 3.87. The second-order valence-electron chi connectivity index (χ2n) is 5.24. The molecule has 0 aromatic heterocycles. The van der Waals surface area contributed by atoms with Crippen LogP contribution >= 0.6 is 0 Å². The Morgan fingerprint density at radius 1 is 1.37 bits per heavy atom. The summed E-state index contributed by atoms with van der Waals surface area (Å²) in [6, 6.07) is 6.10. The van der Waals surface area contributed by atoms with Crippen LogP contribution in [0.3, 0.4) is 0 Å². The summed E-state index contributed by atoms with van der Waals surface area (Å²) in [6.07, 6.45) is 3.43. The smallest absolute Gasteiger partial charge is 0.224 e. The third-order valence-electron chi connectivity index (χ3n) is 3.87. The van der Waals surface area contributed by atoms with Crippen LogP contribution in [-0.4, -0.2) is 24.2 Å². The summed E-state index contributed by atoms with van der Waals surface area (Å²) in [5.74, 6) is 0.284. The van der Waals surface area contributed by atoms with Crippen molar-refractivity contribution in [1.29, 1.82) is 0 Å². The van der Waals surface area contributed by atoms with Crippen LogP contribution < -0.4 is 5.32 Å². The molecule has 1 saturated carbocycles. The van der Waals surface area contributed by atoms with Gasteiger partial charge < -0.3 is 10.4 Å². The molecule has 0 spiro atoms. The van der Waals surface area contributed by atoms with Crippen molar-refractivity contribution < 1.29 is 14.3 Å². The Morgan fingerprint density at radius 2 is 2.16 bits per heavy atom. The number of carbonyl (C=O) groups excluding carboxylic acids is 1. The molecule has 0 bridgehead atoms. The van der Waals surface area contributed by atoms with E-state index in [-0.39, 0.29) is 24.8 Å². The highest BCUT2D eigenvalue weighted by molar-refractivity contribution is 5.78. The van der Waals surface area contributed by atoms with E-state index >= 15 is 0 Å². The molecule has 2 N–H and O–H groups in total. The number of nitrogens with one attached hydrogen (secondary N) is 1. The Hall–Kier alpha value is -1.42. The lowest BCUT2D eigenvalue weighted by molar-refractivity contribution is -0.120. The molecule has 0 saturated heterocycles. The van der Waals surface area contributed by atoms with E-state index in [1.165, 1.54) is 12.1 Å². The van der Waals surface area contributed by atoms with Crippen molar-refractivity contribution in [2.75, 3.05) is 13.2 Å². The zero-order valence-corrected chi connectivity index (χ0v) is 10.9. The molecule has 19 heavy (non-hydrogen) atoms. The Labute approximate surface area is 112 Å². The number of benzene rings is 1. The van der Waals surface area contributed by atoms with Gasteiger partial charge >= 0.3 is 0 Å². The summed E-state index contributed by atoms with van der Waals surface area (Å²) in [5, 5.41) is 12.1. The fourth-order valence-electron chi connectivity index (χ4n) is 2.76. The summed E-state index contributed by atoms with van der Waals surface area (Å²) in [6.45, 7) is 0.809. The highest BCUT2D eigenvalue weighted by Gasteiger charge is 2.26. The maximum Gasteiger partial charge on any atom is 0.224 e. The number of hydrogen-bond acceptors (Lipinski definition) is 2. The minimum atomic E-state index is -0.318. The zero-order valence-electron chi connectivity index (χ0n) is 10.9. The average Bonchev–Trinajstić information content (AvgIpc) is 2.83. The van der Waals surface area contributed by atoms with Gasteiger partial charge in [0.2, 0.25) is 5.91 Å². The maximum atomic E-state index is 13.0. The normalized spacial score (nSPS) is 22.4. The molecular weight excluding hydrogens is 245 g/mol. The highest BCUT2D eigenvalue weighted by atomic mass is 19.1. The Morgan fingerprint density at radius 3 is 2.89 bits per heavy atom. The van der Waals surface area contributed by atoms with Crippen LogP contribution in [0.4, 0.5) is 4.39 Å². The number of amides is 1. The monoisotopic (exact) mass is 265 g/mol. The van der Waals surface area contributed by atoms with Gasteiger partial charge in [-0.3, -0.25) is 4.79 Å². The molecule has 4 heteroatoms. The van der Waals surface area contributed by atoms with Gasteiger partial charge in [-0.25, -0.2) is 4.39 Å². The summed E-state index contributed by atoms with van der Waals surface area (Å²) < 4.78 is 13.0. The molecule has 2 rings (SSSR count). The van der Waals surface area contributed by atoms with Gasteiger partial charge in [0.25, 0.3) is 0 Å². The Kier molecular flexibility index (Phi) is 4.91. The summed E-state index contributed by atoms with van der Waals surface area (Å²) in [5.41, 5.74) is 0.683.